The summed E-state index contributed by atoms with van der Waals surface area (Å²) in [5.41, 5.74) is 4.34. The topological polar surface area (TPSA) is 43.6 Å². The first kappa shape index (κ1) is 20.7. The van der Waals surface area contributed by atoms with Crippen LogP contribution in [0.25, 0.3) is 37.5 Å². The van der Waals surface area contributed by atoms with Crippen LogP contribution in [0.15, 0.2) is 60.0 Å². The van der Waals surface area contributed by atoms with Crippen LogP contribution in [0.5, 0.6) is 0 Å². The highest BCUT2D eigenvalue weighted by atomic mass is 35.5. The minimum Gasteiger partial charge on any atom is -0.231 e. The molecular weight excluding hydrogens is 491 g/mol. The van der Waals surface area contributed by atoms with Crippen molar-refractivity contribution in [2.75, 3.05) is 0 Å². The molecule has 0 saturated carbocycles. The van der Waals surface area contributed by atoms with Crippen molar-refractivity contribution >= 4 is 57.5 Å². The zero-order chi connectivity index (χ0) is 21.5. The van der Waals surface area contributed by atoms with E-state index >= 15 is 0 Å². The molecule has 0 unspecified atom stereocenters. The molecule has 0 aliphatic carbocycles. The van der Waals surface area contributed by atoms with Crippen molar-refractivity contribution < 1.29 is 0 Å². The maximum absolute atomic E-state index is 6.54. The van der Waals surface area contributed by atoms with Gasteiger partial charge in [0.25, 0.3) is 0 Å². The van der Waals surface area contributed by atoms with E-state index in [0.29, 0.717) is 15.1 Å². The summed E-state index contributed by atoms with van der Waals surface area (Å²) >= 11 is 21.9. The first-order chi connectivity index (χ1) is 15.0. The second-order valence-electron chi connectivity index (χ2n) is 6.73. The molecule has 2 aromatic carbocycles. The highest BCUT2D eigenvalue weighted by Crippen LogP contribution is 2.39. The normalized spacial score (nSPS) is 11.2. The zero-order valence-electron chi connectivity index (χ0n) is 16.0. The fraction of sp³-hybridized carbons (Fsp3) is 0.0455. The standard InChI is InChI=1S/C22H13Cl3N4S2/c1-12-19(22-27-26-21(31-22)18-3-2-10-30-18)28-29(17-9-8-15(24)11-16(17)25)20(12)13-4-6-14(23)7-5-13/h2-11H,1H3. The van der Waals surface area contributed by atoms with Gasteiger partial charge in [0.1, 0.15) is 5.69 Å². The Morgan fingerprint density at radius 2 is 1.61 bits per heavy atom. The molecule has 3 aromatic heterocycles. The molecule has 4 nitrogen and oxygen atoms in total. The van der Waals surface area contributed by atoms with Crippen molar-refractivity contribution in [1.29, 1.82) is 0 Å². The summed E-state index contributed by atoms with van der Waals surface area (Å²) in [4.78, 5) is 1.08. The average Bonchev–Trinajstić information content (AvgIpc) is 3.48. The number of thiophene rings is 1. The van der Waals surface area contributed by atoms with Crippen molar-refractivity contribution in [3.8, 4) is 37.5 Å². The first-order valence-corrected chi connectivity index (χ1v) is 12.0. The van der Waals surface area contributed by atoms with E-state index in [9.17, 15) is 0 Å². The number of aromatic nitrogens is 4. The van der Waals surface area contributed by atoms with Gasteiger partial charge in [-0.15, -0.1) is 21.5 Å². The second kappa shape index (κ2) is 8.37. The van der Waals surface area contributed by atoms with E-state index in [2.05, 4.69) is 10.2 Å². The van der Waals surface area contributed by atoms with E-state index in [0.717, 1.165) is 43.1 Å². The van der Waals surface area contributed by atoms with Crippen LogP contribution in [0.1, 0.15) is 5.56 Å². The number of hydrogen-bond acceptors (Lipinski definition) is 5. The minimum atomic E-state index is 0.508. The van der Waals surface area contributed by atoms with Crippen LogP contribution in [0, 0.1) is 6.92 Å². The summed E-state index contributed by atoms with van der Waals surface area (Å²) in [7, 11) is 0. The van der Waals surface area contributed by atoms with Crippen molar-refractivity contribution in [3.63, 3.8) is 0 Å². The van der Waals surface area contributed by atoms with Gasteiger partial charge >= 0.3 is 0 Å². The van der Waals surface area contributed by atoms with Crippen LogP contribution in [-0.4, -0.2) is 20.0 Å². The molecule has 9 heteroatoms. The van der Waals surface area contributed by atoms with Gasteiger partial charge in [0.05, 0.1) is 21.3 Å². The fourth-order valence-corrected chi connectivity index (χ4v) is 5.58. The first-order valence-electron chi connectivity index (χ1n) is 9.20. The third-order valence-electron chi connectivity index (χ3n) is 4.74. The van der Waals surface area contributed by atoms with Gasteiger partial charge in [0.2, 0.25) is 0 Å². The monoisotopic (exact) mass is 502 g/mol. The number of hydrogen-bond donors (Lipinski definition) is 0. The Labute approximate surface area is 201 Å². The minimum absolute atomic E-state index is 0.508. The molecule has 5 rings (SSSR count). The smallest absolute Gasteiger partial charge is 0.168 e. The van der Waals surface area contributed by atoms with Crippen LogP contribution in [0.4, 0.5) is 0 Å². The van der Waals surface area contributed by atoms with Crippen molar-refractivity contribution in [2.24, 2.45) is 0 Å². The van der Waals surface area contributed by atoms with Crippen molar-refractivity contribution in [2.45, 2.75) is 6.92 Å². The van der Waals surface area contributed by atoms with E-state index < -0.39 is 0 Å². The van der Waals surface area contributed by atoms with Gasteiger partial charge < -0.3 is 0 Å². The molecule has 0 aliphatic rings. The lowest BCUT2D eigenvalue weighted by Crippen LogP contribution is -2.00. The molecule has 0 saturated heterocycles. The quantitative estimate of drug-likeness (QED) is 0.249. The van der Waals surface area contributed by atoms with E-state index in [1.165, 1.54) is 11.3 Å². The number of benzene rings is 2. The summed E-state index contributed by atoms with van der Waals surface area (Å²) in [6, 6.07) is 17.0. The van der Waals surface area contributed by atoms with Crippen molar-refractivity contribution in [1.82, 2.24) is 20.0 Å². The summed E-state index contributed by atoms with van der Waals surface area (Å²) < 4.78 is 1.83. The highest BCUT2D eigenvalue weighted by Gasteiger charge is 2.23. The maximum atomic E-state index is 6.54. The van der Waals surface area contributed by atoms with Gasteiger partial charge in [-0.3, -0.25) is 0 Å². The fourth-order valence-electron chi connectivity index (χ4n) is 3.29. The van der Waals surface area contributed by atoms with Crippen LogP contribution in [0.2, 0.25) is 15.1 Å². The van der Waals surface area contributed by atoms with Crippen LogP contribution in [0.3, 0.4) is 0 Å². The Bertz CT molecular complexity index is 1370. The summed E-state index contributed by atoms with van der Waals surface area (Å²) in [5, 5.41) is 19.1. The Morgan fingerprint density at radius 3 is 2.32 bits per heavy atom. The molecule has 0 spiro atoms. The SMILES string of the molecule is Cc1c(-c2nnc(-c3cccs3)s2)nn(-c2ccc(Cl)cc2Cl)c1-c1ccc(Cl)cc1. The molecule has 0 bridgehead atoms. The molecule has 5 aromatic rings. The molecule has 0 fully saturated rings. The van der Waals surface area contributed by atoms with Crippen molar-refractivity contribution in [3.05, 3.63) is 80.6 Å². The number of rotatable bonds is 4. The molecule has 0 aliphatic heterocycles. The predicted octanol–water partition coefficient (Wildman–Crippen LogP) is 8.05. The van der Waals surface area contributed by atoms with Gasteiger partial charge in [-0.1, -0.05) is 64.3 Å². The molecule has 0 N–H and O–H groups in total. The average molecular weight is 504 g/mol. The molecule has 0 atom stereocenters. The predicted molar refractivity (Wildman–Crippen MR) is 131 cm³/mol. The molecule has 3 heterocycles. The zero-order valence-corrected chi connectivity index (χ0v) is 19.9. The molecule has 31 heavy (non-hydrogen) atoms. The Balaban J connectivity index is 1.71. The summed E-state index contributed by atoms with van der Waals surface area (Å²) in [5.74, 6) is 0. The third-order valence-corrected chi connectivity index (χ3v) is 7.50. The molecule has 0 radical (unpaired) electrons. The summed E-state index contributed by atoms with van der Waals surface area (Å²) in [6.45, 7) is 2.03. The molecule has 0 amide bonds. The van der Waals surface area contributed by atoms with E-state index in [4.69, 9.17) is 39.9 Å². The second-order valence-corrected chi connectivity index (χ2v) is 9.93. The molecular formula is C22H13Cl3N4S2. The Hall–Kier alpha value is -2.22. The Morgan fingerprint density at radius 1 is 0.871 bits per heavy atom. The van der Waals surface area contributed by atoms with E-state index in [-0.39, 0.29) is 0 Å². The molecule has 154 valence electrons. The lowest BCUT2D eigenvalue weighted by Gasteiger charge is -2.11. The number of nitrogens with zero attached hydrogens (tertiary/aromatic N) is 4. The van der Waals surface area contributed by atoms with Gasteiger partial charge in [-0.2, -0.15) is 5.10 Å². The van der Waals surface area contributed by atoms with Gasteiger partial charge in [0.15, 0.2) is 10.0 Å². The van der Waals surface area contributed by atoms with Crippen LogP contribution in [-0.2, 0) is 0 Å². The lowest BCUT2D eigenvalue weighted by molar-refractivity contribution is 0.889. The van der Waals surface area contributed by atoms with Gasteiger partial charge in [-0.25, -0.2) is 4.68 Å². The largest absolute Gasteiger partial charge is 0.231 e. The summed E-state index contributed by atoms with van der Waals surface area (Å²) in [6.07, 6.45) is 0. The highest BCUT2D eigenvalue weighted by molar-refractivity contribution is 7.22. The maximum Gasteiger partial charge on any atom is 0.168 e. The lowest BCUT2D eigenvalue weighted by atomic mass is 10.1. The van der Waals surface area contributed by atoms with Crippen LogP contribution >= 0.6 is 57.5 Å². The van der Waals surface area contributed by atoms with E-state index in [1.54, 1.807) is 23.5 Å². The van der Waals surface area contributed by atoms with Crippen LogP contribution < -0.4 is 0 Å². The van der Waals surface area contributed by atoms with Gasteiger partial charge in [-0.05, 0) is 48.7 Å². The number of halogens is 3. The van der Waals surface area contributed by atoms with E-state index in [1.807, 2.05) is 59.5 Å². The third kappa shape index (κ3) is 3.90. The van der Waals surface area contributed by atoms with Gasteiger partial charge in [0, 0.05) is 21.2 Å². The Kier molecular flexibility index (Phi) is 5.58.